The number of rotatable bonds is 7. The third kappa shape index (κ3) is 14.7. The Labute approximate surface area is 332 Å². The second-order valence-corrected chi connectivity index (χ2v) is 15.8. The van der Waals surface area contributed by atoms with Gasteiger partial charge in [0, 0.05) is 26.1 Å². The number of benzene rings is 1. The molecule has 0 radical (unpaired) electrons. The van der Waals surface area contributed by atoms with Gasteiger partial charge in [-0.25, -0.2) is 9.59 Å². The van der Waals surface area contributed by atoms with Crippen molar-refractivity contribution >= 4 is 41.5 Å². The molecule has 312 valence electrons. The number of hydrogen-bond donors (Lipinski definition) is 3. The lowest BCUT2D eigenvalue weighted by molar-refractivity contribution is -0.155. The molecule has 2 rings (SSSR count). The molecular weight excluding hydrogens is 718 g/mol. The molecule has 1 aliphatic heterocycles. The number of hydrogen-bond acceptors (Lipinski definition) is 9. The van der Waals surface area contributed by atoms with Crippen molar-refractivity contribution in [1.29, 1.82) is 0 Å². The van der Waals surface area contributed by atoms with Crippen LogP contribution < -0.4 is 16.0 Å². The predicted octanol–water partition coefficient (Wildman–Crippen LogP) is 3.71. The monoisotopic (exact) mass is 783 g/mol. The highest BCUT2D eigenvalue weighted by atomic mass is 16.6. The van der Waals surface area contributed by atoms with E-state index in [1.165, 1.54) is 37.7 Å². The topological polar surface area (TPSA) is 181 Å². The Morgan fingerprint density at radius 2 is 1.45 bits per heavy atom. The van der Waals surface area contributed by atoms with Crippen molar-refractivity contribution in [3.63, 3.8) is 0 Å². The molecule has 1 aromatic rings. The Morgan fingerprint density at radius 1 is 0.821 bits per heavy atom. The summed E-state index contributed by atoms with van der Waals surface area (Å²) in [6, 6.07) is 4.86. The van der Waals surface area contributed by atoms with Crippen LogP contribution in [0.15, 0.2) is 42.0 Å². The third-order valence-electron chi connectivity index (χ3n) is 10.1. The average Bonchev–Trinajstić information content (AvgIpc) is 3.14. The van der Waals surface area contributed by atoms with E-state index in [0.717, 1.165) is 5.56 Å². The quantitative estimate of drug-likeness (QED) is 0.348. The summed E-state index contributed by atoms with van der Waals surface area (Å²) in [4.78, 5) is 97.3. The molecule has 0 saturated carbocycles. The standard InChI is InChI=1S/C42H65N5O9/c1-12-27(6)36-38(50)44-30(9)42(54)55-33(26(4)5)21-17-16-18-28(7)41(53)56-34(22-25(2)3)37(49)43-29(8)39(51)47(11)32(23-31-19-14-13-15-20-31)40(52)46(10)24-35(48)45-36/h13-15,18-20,25-27,29-30,32-34,36H,12,16-17,21-24H2,1-11H3,(H,43,49)(H,44,50)(H,45,48)/b28-18+/t27?,29-,30+,32+,33-,34+,36?/m0/s1. The lowest BCUT2D eigenvalue weighted by Gasteiger charge is -2.33. The van der Waals surface area contributed by atoms with Crippen LogP contribution in [0.5, 0.6) is 0 Å². The lowest BCUT2D eigenvalue weighted by atomic mass is 9.98. The number of amides is 5. The SMILES string of the molecule is CCC(C)C1NC(=O)CN(C)C(=O)[C@@H](Cc2ccccc2)N(C)C(=O)[C@H](C)NC(=O)[C@@H](CC(C)C)OC(=O)/C(C)=C/CCC[C@@H](C(C)C)OC(=O)[C@@H](C)NC1=O. The van der Waals surface area contributed by atoms with Gasteiger partial charge < -0.3 is 35.2 Å². The number of ether oxygens (including phenoxy) is 2. The summed E-state index contributed by atoms with van der Waals surface area (Å²) >= 11 is 0. The van der Waals surface area contributed by atoms with Gasteiger partial charge in [0.1, 0.15) is 30.3 Å². The van der Waals surface area contributed by atoms with Crippen molar-refractivity contribution in [2.75, 3.05) is 20.6 Å². The minimum Gasteiger partial charge on any atom is -0.461 e. The Morgan fingerprint density at radius 3 is 2.04 bits per heavy atom. The molecule has 0 saturated heterocycles. The molecule has 1 aliphatic rings. The van der Waals surface area contributed by atoms with Crippen molar-refractivity contribution in [3.05, 3.63) is 47.5 Å². The molecule has 14 heteroatoms. The molecule has 0 aromatic heterocycles. The Hall–Kier alpha value is -4.75. The normalized spacial score (nSPS) is 26.8. The number of allylic oxidation sites excluding steroid dienone is 1. The molecule has 0 aliphatic carbocycles. The van der Waals surface area contributed by atoms with E-state index in [2.05, 4.69) is 16.0 Å². The highest BCUT2D eigenvalue weighted by Gasteiger charge is 2.36. The highest BCUT2D eigenvalue weighted by molar-refractivity contribution is 5.96. The summed E-state index contributed by atoms with van der Waals surface area (Å²) in [5.41, 5.74) is 1.06. The molecule has 14 nitrogen and oxygen atoms in total. The second-order valence-electron chi connectivity index (χ2n) is 15.8. The largest absolute Gasteiger partial charge is 0.461 e. The summed E-state index contributed by atoms with van der Waals surface area (Å²) in [6.07, 6.45) is 2.47. The number of cyclic esters (lactones) is 2. The Kier molecular flexibility index (Phi) is 19.2. The molecule has 1 aromatic carbocycles. The van der Waals surface area contributed by atoms with Crippen LogP contribution in [0, 0.1) is 17.8 Å². The zero-order valence-electron chi connectivity index (χ0n) is 35.2. The van der Waals surface area contributed by atoms with E-state index in [0.29, 0.717) is 31.3 Å². The van der Waals surface area contributed by atoms with E-state index in [-0.39, 0.29) is 30.6 Å². The van der Waals surface area contributed by atoms with E-state index in [4.69, 9.17) is 9.47 Å². The minimum absolute atomic E-state index is 0.0235. The molecule has 1 heterocycles. The molecule has 3 N–H and O–H groups in total. The summed E-state index contributed by atoms with van der Waals surface area (Å²) in [5.74, 6) is -4.62. The summed E-state index contributed by atoms with van der Waals surface area (Å²) in [7, 11) is 2.89. The molecule has 7 atom stereocenters. The molecular formula is C42H65N5O9. The Balaban J connectivity index is 2.53. The summed E-state index contributed by atoms with van der Waals surface area (Å²) in [5, 5.41) is 8.12. The van der Waals surface area contributed by atoms with Gasteiger partial charge in [-0.1, -0.05) is 84.4 Å². The van der Waals surface area contributed by atoms with Gasteiger partial charge in [0.25, 0.3) is 5.91 Å². The first-order valence-corrected chi connectivity index (χ1v) is 19.8. The van der Waals surface area contributed by atoms with Gasteiger partial charge >= 0.3 is 11.9 Å². The maximum atomic E-state index is 14.1. The van der Waals surface area contributed by atoms with Crippen LogP contribution in [0.1, 0.15) is 100.0 Å². The van der Waals surface area contributed by atoms with Crippen LogP contribution in [0.4, 0.5) is 0 Å². The molecule has 56 heavy (non-hydrogen) atoms. The van der Waals surface area contributed by atoms with Crippen molar-refractivity contribution in [3.8, 4) is 0 Å². The number of esters is 2. The minimum atomic E-state index is -1.18. The van der Waals surface area contributed by atoms with Crippen molar-refractivity contribution in [1.82, 2.24) is 25.8 Å². The van der Waals surface area contributed by atoms with Crippen LogP contribution in [0.3, 0.4) is 0 Å². The fourth-order valence-corrected chi connectivity index (χ4v) is 6.24. The maximum Gasteiger partial charge on any atom is 0.334 e. The first-order valence-electron chi connectivity index (χ1n) is 19.8. The van der Waals surface area contributed by atoms with Gasteiger partial charge in [-0.3, -0.25) is 24.0 Å². The van der Waals surface area contributed by atoms with Gasteiger partial charge in [-0.05, 0) is 69.8 Å². The number of likely N-dealkylation sites (N-methyl/N-ethyl adjacent to an activating group) is 2. The smallest absolute Gasteiger partial charge is 0.334 e. The summed E-state index contributed by atoms with van der Waals surface area (Å²) < 4.78 is 11.5. The summed E-state index contributed by atoms with van der Waals surface area (Å²) in [6.45, 7) is 15.5. The van der Waals surface area contributed by atoms with Crippen molar-refractivity contribution < 1.29 is 43.0 Å². The number of nitrogens with one attached hydrogen (secondary N) is 3. The second kappa shape index (κ2) is 22.7. The number of nitrogens with zero attached hydrogens (tertiary/aromatic N) is 2. The number of carbonyl (C=O) groups excluding carboxylic acids is 7. The molecule has 2 unspecified atom stereocenters. The van der Waals surface area contributed by atoms with Gasteiger partial charge in [0.15, 0.2) is 6.10 Å². The van der Waals surface area contributed by atoms with Crippen LogP contribution in [0.2, 0.25) is 0 Å². The first-order chi connectivity index (χ1) is 26.3. The maximum absolute atomic E-state index is 14.1. The van der Waals surface area contributed by atoms with E-state index in [9.17, 15) is 33.6 Å². The first kappa shape index (κ1) is 47.4. The molecule has 5 amide bonds. The fraction of sp³-hybridized carbons (Fsp3) is 0.643. The van der Waals surface area contributed by atoms with Crippen molar-refractivity contribution in [2.45, 2.75) is 137 Å². The average molecular weight is 784 g/mol. The van der Waals surface area contributed by atoms with Crippen molar-refractivity contribution in [2.24, 2.45) is 17.8 Å². The zero-order valence-corrected chi connectivity index (χ0v) is 35.2. The van der Waals surface area contributed by atoms with Gasteiger partial charge in [0.05, 0.1) is 6.54 Å². The van der Waals surface area contributed by atoms with Crippen LogP contribution >= 0.6 is 0 Å². The number of carbonyl (C=O) groups is 7. The third-order valence-corrected chi connectivity index (χ3v) is 10.1. The van der Waals surface area contributed by atoms with Crippen LogP contribution in [-0.4, -0.2) is 108 Å². The van der Waals surface area contributed by atoms with Crippen LogP contribution in [0.25, 0.3) is 0 Å². The fourth-order valence-electron chi connectivity index (χ4n) is 6.24. The Bertz CT molecular complexity index is 1550. The zero-order chi connectivity index (χ0) is 42.3. The predicted molar refractivity (Wildman–Crippen MR) is 213 cm³/mol. The van der Waals surface area contributed by atoms with E-state index in [1.807, 2.05) is 52.8 Å². The van der Waals surface area contributed by atoms with Gasteiger partial charge in [-0.2, -0.15) is 0 Å². The molecule has 0 fully saturated rings. The highest BCUT2D eigenvalue weighted by Crippen LogP contribution is 2.19. The van der Waals surface area contributed by atoms with Gasteiger partial charge in [0.2, 0.25) is 23.6 Å². The van der Waals surface area contributed by atoms with Crippen LogP contribution in [-0.2, 0) is 49.5 Å². The lowest BCUT2D eigenvalue weighted by Crippen LogP contribution is -2.57. The van der Waals surface area contributed by atoms with E-state index in [1.54, 1.807) is 32.1 Å². The molecule has 0 spiro atoms. The molecule has 0 bridgehead atoms. The van der Waals surface area contributed by atoms with E-state index < -0.39 is 84.4 Å². The van der Waals surface area contributed by atoms with Gasteiger partial charge in [-0.15, -0.1) is 0 Å². The van der Waals surface area contributed by atoms with E-state index >= 15 is 0 Å².